The molecule has 6 heteroatoms. The Morgan fingerprint density at radius 1 is 1.21 bits per heavy atom. The van der Waals surface area contributed by atoms with Gasteiger partial charge in [-0.2, -0.15) is 0 Å². The maximum atomic E-state index is 12.4. The lowest BCUT2D eigenvalue weighted by atomic mass is 9.87. The van der Waals surface area contributed by atoms with Gasteiger partial charge in [0.1, 0.15) is 6.04 Å². The summed E-state index contributed by atoms with van der Waals surface area (Å²) in [5, 5.41) is -0.463. The molecule has 2 amide bonds. The molecule has 0 aromatic heterocycles. The van der Waals surface area contributed by atoms with Crippen molar-refractivity contribution in [2.45, 2.75) is 39.2 Å². The molecule has 0 saturated carbocycles. The van der Waals surface area contributed by atoms with Crippen molar-refractivity contribution in [1.82, 2.24) is 4.90 Å². The molecule has 1 aliphatic heterocycles. The van der Waals surface area contributed by atoms with Crippen LogP contribution in [-0.2, 0) is 19.7 Å². The highest BCUT2D eigenvalue weighted by Crippen LogP contribution is 2.34. The number of rotatable bonds is 3. The highest BCUT2D eigenvalue weighted by Gasteiger charge is 2.41. The van der Waals surface area contributed by atoms with Crippen LogP contribution in [0.1, 0.15) is 38.8 Å². The molecule has 2 rings (SSSR count). The topological polar surface area (TPSA) is 63.7 Å². The Hall–Kier alpha value is -2.08. The minimum Gasteiger partial charge on any atom is -0.467 e. The number of hydrogen-bond donors (Lipinski definition) is 0. The van der Waals surface area contributed by atoms with Gasteiger partial charge in [-0.25, -0.2) is 4.79 Å². The Balaban J connectivity index is 2.24. The van der Waals surface area contributed by atoms with Crippen molar-refractivity contribution in [1.29, 1.82) is 0 Å². The first-order valence-electron chi connectivity index (χ1n) is 7.60. The molecule has 0 unspecified atom stereocenters. The molecule has 1 fully saturated rings. The number of carbonyl (C=O) groups is 3. The minimum atomic E-state index is -0.934. The van der Waals surface area contributed by atoms with Gasteiger partial charge < -0.3 is 4.74 Å². The van der Waals surface area contributed by atoms with Crippen molar-refractivity contribution in [2.75, 3.05) is 7.11 Å². The van der Waals surface area contributed by atoms with Crippen molar-refractivity contribution in [3.05, 3.63) is 40.3 Å². The van der Waals surface area contributed by atoms with Crippen LogP contribution in [0.5, 0.6) is 0 Å². The van der Waals surface area contributed by atoms with Crippen molar-refractivity contribution in [2.24, 2.45) is 0 Å². The molecule has 5 nitrogen and oxygen atoms in total. The van der Waals surface area contributed by atoms with Crippen LogP contribution in [0.3, 0.4) is 0 Å². The average Bonchev–Trinajstić information content (AvgIpc) is 2.79. The molecule has 1 aliphatic rings. The zero-order valence-corrected chi connectivity index (χ0v) is 15.3. The molecule has 0 spiro atoms. The molecule has 1 heterocycles. The van der Waals surface area contributed by atoms with Gasteiger partial charge in [-0.15, -0.1) is 0 Å². The lowest BCUT2D eigenvalue weighted by molar-refractivity contribution is -0.148. The predicted octanol–water partition coefficient (Wildman–Crippen LogP) is 3.58. The molecule has 128 valence electrons. The summed E-state index contributed by atoms with van der Waals surface area (Å²) in [4.78, 5) is 37.3. The molecule has 1 aromatic carbocycles. The normalized spacial score (nSPS) is 18.2. The third kappa shape index (κ3) is 3.70. The smallest absolute Gasteiger partial charge is 0.328 e. The van der Waals surface area contributed by atoms with E-state index in [0.717, 1.165) is 22.2 Å². The highest BCUT2D eigenvalue weighted by molar-refractivity contribution is 8.18. The Kier molecular flexibility index (Phi) is 5.18. The molecule has 0 aliphatic carbocycles. The second-order valence-corrected chi connectivity index (χ2v) is 7.62. The van der Waals surface area contributed by atoms with Crippen LogP contribution in [0.15, 0.2) is 29.2 Å². The molecule has 24 heavy (non-hydrogen) atoms. The number of amides is 2. The van der Waals surface area contributed by atoms with E-state index in [1.54, 1.807) is 6.08 Å². The van der Waals surface area contributed by atoms with E-state index in [1.165, 1.54) is 19.6 Å². The van der Waals surface area contributed by atoms with E-state index in [2.05, 4.69) is 25.5 Å². The van der Waals surface area contributed by atoms with E-state index in [-0.39, 0.29) is 5.41 Å². The number of methoxy groups -OCH3 is 1. The first-order chi connectivity index (χ1) is 11.1. The molecular formula is C18H21NO4S. The number of carbonyl (C=O) groups excluding carboxylic acids is 3. The molecule has 0 radical (unpaired) electrons. The lowest BCUT2D eigenvalue weighted by Crippen LogP contribution is -2.42. The summed E-state index contributed by atoms with van der Waals surface area (Å²) in [5.41, 5.74) is 2.07. The standard InChI is InChI=1S/C18H21NO4S/c1-11(16(21)23-5)19-15(20)14(24-17(19)22)10-12-6-8-13(9-7-12)18(2,3)4/h6-11H,1-5H3/b14-10+/t11-/m1/s1. The van der Waals surface area contributed by atoms with E-state index in [4.69, 9.17) is 0 Å². The molecule has 1 aromatic rings. The fourth-order valence-corrected chi connectivity index (χ4v) is 3.23. The molecule has 0 N–H and O–H groups in total. The molecule has 1 atom stereocenters. The number of thioether (sulfide) groups is 1. The second-order valence-electron chi connectivity index (χ2n) is 6.62. The fourth-order valence-electron chi connectivity index (χ4n) is 2.32. The van der Waals surface area contributed by atoms with Crippen molar-refractivity contribution >= 4 is 35.0 Å². The van der Waals surface area contributed by atoms with Gasteiger partial charge in [-0.05, 0) is 41.3 Å². The van der Waals surface area contributed by atoms with Gasteiger partial charge >= 0.3 is 5.97 Å². The average molecular weight is 347 g/mol. The van der Waals surface area contributed by atoms with E-state index < -0.39 is 23.2 Å². The minimum absolute atomic E-state index is 0.0479. The quantitative estimate of drug-likeness (QED) is 0.618. The Bertz CT molecular complexity index is 701. The maximum Gasteiger partial charge on any atom is 0.328 e. The molecular weight excluding hydrogens is 326 g/mol. The fraction of sp³-hybridized carbons (Fsp3) is 0.389. The van der Waals surface area contributed by atoms with Crippen LogP contribution >= 0.6 is 11.8 Å². The number of ether oxygens (including phenoxy) is 1. The number of esters is 1. The summed E-state index contributed by atoms with van der Waals surface area (Å²) in [5.74, 6) is -1.09. The summed E-state index contributed by atoms with van der Waals surface area (Å²) in [6, 6.07) is 6.91. The predicted molar refractivity (Wildman–Crippen MR) is 94.4 cm³/mol. The zero-order chi connectivity index (χ0) is 18.1. The zero-order valence-electron chi connectivity index (χ0n) is 14.5. The number of nitrogens with zero attached hydrogens (tertiary/aromatic N) is 1. The lowest BCUT2D eigenvalue weighted by Gasteiger charge is -2.19. The maximum absolute atomic E-state index is 12.4. The van der Waals surface area contributed by atoms with Crippen LogP contribution in [0.25, 0.3) is 6.08 Å². The van der Waals surface area contributed by atoms with Crippen molar-refractivity contribution in [3.8, 4) is 0 Å². The summed E-state index contributed by atoms with van der Waals surface area (Å²) >= 11 is 0.833. The van der Waals surface area contributed by atoms with Gasteiger partial charge in [0.15, 0.2) is 0 Å². The molecule has 0 bridgehead atoms. The highest BCUT2D eigenvalue weighted by atomic mass is 32.2. The van der Waals surface area contributed by atoms with Gasteiger partial charge in [0.2, 0.25) is 0 Å². The van der Waals surface area contributed by atoms with Crippen LogP contribution in [0, 0.1) is 0 Å². The van der Waals surface area contributed by atoms with E-state index in [0.29, 0.717) is 4.91 Å². The number of imide groups is 1. The van der Waals surface area contributed by atoms with E-state index in [1.807, 2.05) is 24.3 Å². The summed E-state index contributed by atoms with van der Waals surface area (Å²) < 4.78 is 4.61. The van der Waals surface area contributed by atoms with Crippen molar-refractivity contribution in [3.63, 3.8) is 0 Å². The Labute approximate surface area is 146 Å². The Morgan fingerprint density at radius 2 is 1.79 bits per heavy atom. The first-order valence-corrected chi connectivity index (χ1v) is 8.42. The van der Waals surface area contributed by atoms with Gasteiger partial charge in [-0.3, -0.25) is 14.5 Å². The SMILES string of the molecule is COC(=O)[C@@H](C)N1C(=O)S/C(=C/c2ccc(C(C)(C)C)cc2)C1=O. The van der Waals surface area contributed by atoms with Gasteiger partial charge in [-0.1, -0.05) is 45.0 Å². The summed E-state index contributed by atoms with van der Waals surface area (Å²) in [6.45, 7) is 7.86. The third-order valence-corrected chi connectivity index (χ3v) is 4.71. The third-order valence-electron chi connectivity index (χ3n) is 3.83. The van der Waals surface area contributed by atoms with Crippen LogP contribution in [-0.4, -0.2) is 35.2 Å². The van der Waals surface area contributed by atoms with Crippen LogP contribution in [0.2, 0.25) is 0 Å². The largest absolute Gasteiger partial charge is 0.467 e. The van der Waals surface area contributed by atoms with Crippen molar-refractivity contribution < 1.29 is 19.1 Å². The summed E-state index contributed by atoms with van der Waals surface area (Å²) in [7, 11) is 1.23. The van der Waals surface area contributed by atoms with Gasteiger partial charge in [0.05, 0.1) is 12.0 Å². The summed E-state index contributed by atoms with van der Waals surface area (Å²) in [6.07, 6.45) is 1.67. The number of hydrogen-bond acceptors (Lipinski definition) is 5. The van der Waals surface area contributed by atoms with Gasteiger partial charge in [0.25, 0.3) is 11.1 Å². The monoisotopic (exact) mass is 347 g/mol. The second kappa shape index (κ2) is 6.81. The Morgan fingerprint density at radius 3 is 2.29 bits per heavy atom. The van der Waals surface area contributed by atoms with E-state index in [9.17, 15) is 14.4 Å². The number of benzene rings is 1. The van der Waals surface area contributed by atoms with Gasteiger partial charge in [0, 0.05) is 0 Å². The first kappa shape index (κ1) is 18.3. The van der Waals surface area contributed by atoms with Crippen LogP contribution < -0.4 is 0 Å². The molecule has 1 saturated heterocycles. The van der Waals surface area contributed by atoms with E-state index >= 15 is 0 Å². The van der Waals surface area contributed by atoms with Crippen LogP contribution in [0.4, 0.5) is 4.79 Å².